The van der Waals surface area contributed by atoms with Gasteiger partial charge >= 0.3 is 0 Å². The maximum Gasteiger partial charge on any atom is 0.165 e. The topological polar surface area (TPSA) is 52.3 Å². The number of aromatic nitrogens is 4. The fourth-order valence-corrected chi connectivity index (χ4v) is 1.56. The van der Waals surface area contributed by atoms with E-state index in [0.29, 0.717) is 17.4 Å². The van der Waals surface area contributed by atoms with Gasteiger partial charge in [0.2, 0.25) is 0 Å². The van der Waals surface area contributed by atoms with E-state index in [1.165, 1.54) is 0 Å². The van der Waals surface area contributed by atoms with Crippen molar-refractivity contribution in [2.45, 2.75) is 13.5 Å². The summed E-state index contributed by atoms with van der Waals surface area (Å²) in [5, 5.41) is 8.37. The number of aryl methyl sites for hydroxylation is 1. The second kappa shape index (κ2) is 3.51. The first-order chi connectivity index (χ1) is 6.72. The predicted molar refractivity (Wildman–Crippen MR) is 51.2 cm³/mol. The summed E-state index contributed by atoms with van der Waals surface area (Å²) < 4.78 is 6.81. The molecule has 0 spiro atoms. The Morgan fingerprint density at radius 3 is 3.00 bits per heavy atom. The zero-order valence-corrected chi connectivity index (χ0v) is 8.62. The lowest BCUT2D eigenvalue weighted by molar-refractivity contribution is 0.176. The van der Waals surface area contributed by atoms with Crippen LogP contribution >= 0.6 is 11.6 Å². The Morgan fingerprint density at radius 1 is 1.50 bits per heavy atom. The van der Waals surface area contributed by atoms with Gasteiger partial charge < -0.3 is 4.74 Å². The van der Waals surface area contributed by atoms with Crippen LogP contribution in [0, 0.1) is 6.92 Å². The van der Waals surface area contributed by atoms with E-state index in [9.17, 15) is 0 Å². The van der Waals surface area contributed by atoms with E-state index in [1.807, 2.05) is 11.3 Å². The molecule has 0 unspecified atom stereocenters. The predicted octanol–water partition coefficient (Wildman–Crippen LogP) is 1.23. The van der Waals surface area contributed by atoms with Crippen LogP contribution in [0.3, 0.4) is 0 Å². The molecule has 2 aromatic rings. The first-order valence-electron chi connectivity index (χ1n) is 4.08. The minimum atomic E-state index is 0.408. The highest BCUT2D eigenvalue weighted by atomic mass is 35.5. The smallest absolute Gasteiger partial charge is 0.165 e. The van der Waals surface area contributed by atoms with E-state index in [0.717, 1.165) is 11.6 Å². The van der Waals surface area contributed by atoms with Gasteiger partial charge in [-0.05, 0) is 6.92 Å². The molecular formula is C8H9ClN4O. The van der Waals surface area contributed by atoms with E-state index >= 15 is 0 Å². The molecule has 0 radical (unpaired) electrons. The number of ether oxygens (including phenoxy) is 1. The fourth-order valence-electron chi connectivity index (χ4n) is 1.34. The maximum atomic E-state index is 5.79. The van der Waals surface area contributed by atoms with Gasteiger partial charge in [-0.3, -0.25) is 4.40 Å². The number of hydrogen-bond acceptors (Lipinski definition) is 4. The summed E-state index contributed by atoms with van der Waals surface area (Å²) >= 11 is 5.79. The lowest BCUT2D eigenvalue weighted by atomic mass is 10.5. The van der Waals surface area contributed by atoms with Crippen LogP contribution in [0.15, 0.2) is 6.07 Å². The van der Waals surface area contributed by atoms with Gasteiger partial charge in [0.25, 0.3) is 0 Å². The van der Waals surface area contributed by atoms with Crippen LogP contribution < -0.4 is 0 Å². The average Bonchev–Trinajstić information content (AvgIpc) is 2.49. The molecule has 2 heterocycles. The number of halogens is 1. The lowest BCUT2D eigenvalue weighted by Gasteiger charge is -2.01. The van der Waals surface area contributed by atoms with Gasteiger partial charge in [-0.25, -0.2) is 4.98 Å². The highest BCUT2D eigenvalue weighted by Crippen LogP contribution is 2.12. The summed E-state index contributed by atoms with van der Waals surface area (Å²) in [7, 11) is 1.61. The normalized spacial score (nSPS) is 11.1. The third-order valence-electron chi connectivity index (χ3n) is 1.87. The van der Waals surface area contributed by atoms with Crippen LogP contribution in [0.1, 0.15) is 11.6 Å². The zero-order valence-electron chi connectivity index (χ0n) is 7.86. The van der Waals surface area contributed by atoms with E-state index in [-0.39, 0.29) is 0 Å². The molecule has 14 heavy (non-hydrogen) atoms. The Balaban J connectivity index is 2.66. The molecule has 0 aliphatic rings. The summed E-state index contributed by atoms with van der Waals surface area (Å²) in [6.45, 7) is 2.26. The summed E-state index contributed by atoms with van der Waals surface area (Å²) in [5.74, 6) is 1.48. The monoisotopic (exact) mass is 212 g/mol. The Hall–Kier alpha value is -1.20. The first kappa shape index (κ1) is 9.36. The number of rotatable bonds is 2. The standard InChI is InChI=1S/C8H9ClN4O/c1-5-10-6(9)3-7-11-12-8(4-14-2)13(5)7/h3H,4H2,1-2H3. The largest absolute Gasteiger partial charge is 0.377 e. The molecule has 0 atom stereocenters. The molecule has 0 saturated carbocycles. The Kier molecular flexibility index (Phi) is 2.35. The van der Waals surface area contributed by atoms with Crippen LogP contribution in [0.4, 0.5) is 0 Å². The fraction of sp³-hybridized carbons (Fsp3) is 0.375. The maximum absolute atomic E-state index is 5.79. The second-order valence-electron chi connectivity index (χ2n) is 2.87. The summed E-state index contributed by atoms with van der Waals surface area (Å²) in [6, 6.07) is 1.67. The van der Waals surface area contributed by atoms with Gasteiger partial charge in [0.05, 0.1) is 0 Å². The van der Waals surface area contributed by atoms with Crippen molar-refractivity contribution in [2.24, 2.45) is 0 Å². The molecule has 2 aromatic heterocycles. The van der Waals surface area contributed by atoms with Crippen molar-refractivity contribution in [3.63, 3.8) is 0 Å². The van der Waals surface area contributed by atoms with Gasteiger partial charge in [-0.15, -0.1) is 10.2 Å². The molecular weight excluding hydrogens is 204 g/mol. The van der Waals surface area contributed by atoms with Crippen LogP contribution in [-0.4, -0.2) is 26.7 Å². The Labute approximate surface area is 85.7 Å². The molecule has 0 aliphatic carbocycles. The molecule has 2 rings (SSSR count). The van der Waals surface area contributed by atoms with Crippen molar-refractivity contribution in [3.8, 4) is 0 Å². The third kappa shape index (κ3) is 1.44. The van der Waals surface area contributed by atoms with Gasteiger partial charge in [0.1, 0.15) is 17.6 Å². The van der Waals surface area contributed by atoms with Crippen LogP contribution in [0.25, 0.3) is 5.65 Å². The average molecular weight is 213 g/mol. The number of methoxy groups -OCH3 is 1. The summed E-state index contributed by atoms with van der Waals surface area (Å²) in [5.41, 5.74) is 0.689. The third-order valence-corrected chi connectivity index (χ3v) is 2.06. The quantitative estimate of drug-likeness (QED) is 0.703. The SMILES string of the molecule is COCc1nnc2cc(Cl)nc(C)n12. The van der Waals surface area contributed by atoms with Gasteiger partial charge in [-0.2, -0.15) is 0 Å². The van der Waals surface area contributed by atoms with Crippen LogP contribution in [0.5, 0.6) is 0 Å². The lowest BCUT2D eigenvalue weighted by Crippen LogP contribution is -2.01. The summed E-state index contributed by atoms with van der Waals surface area (Å²) in [4.78, 5) is 4.11. The van der Waals surface area contributed by atoms with Crippen molar-refractivity contribution in [3.05, 3.63) is 22.9 Å². The molecule has 0 fully saturated rings. The van der Waals surface area contributed by atoms with Gasteiger partial charge in [0.15, 0.2) is 11.5 Å². The molecule has 0 saturated heterocycles. The molecule has 6 heteroatoms. The Morgan fingerprint density at radius 2 is 2.29 bits per heavy atom. The highest BCUT2D eigenvalue weighted by molar-refractivity contribution is 6.29. The first-order valence-corrected chi connectivity index (χ1v) is 4.46. The van der Waals surface area contributed by atoms with Crippen LogP contribution in [-0.2, 0) is 11.3 Å². The molecule has 0 N–H and O–H groups in total. The molecule has 0 aliphatic heterocycles. The molecule has 0 aromatic carbocycles. The van der Waals surface area contributed by atoms with E-state index in [1.54, 1.807) is 13.2 Å². The van der Waals surface area contributed by atoms with E-state index < -0.39 is 0 Å². The number of hydrogen-bond donors (Lipinski definition) is 0. The van der Waals surface area contributed by atoms with Crippen molar-refractivity contribution in [1.29, 1.82) is 0 Å². The van der Waals surface area contributed by atoms with Crippen molar-refractivity contribution in [1.82, 2.24) is 19.6 Å². The van der Waals surface area contributed by atoms with Crippen LogP contribution in [0.2, 0.25) is 5.15 Å². The molecule has 74 valence electrons. The summed E-state index contributed by atoms with van der Waals surface area (Å²) in [6.07, 6.45) is 0. The second-order valence-corrected chi connectivity index (χ2v) is 3.26. The highest BCUT2D eigenvalue weighted by Gasteiger charge is 2.08. The zero-order chi connectivity index (χ0) is 10.1. The van der Waals surface area contributed by atoms with E-state index in [2.05, 4.69) is 15.2 Å². The number of nitrogens with zero attached hydrogens (tertiary/aromatic N) is 4. The Bertz CT molecular complexity index is 468. The number of fused-ring (bicyclic) bond motifs is 1. The van der Waals surface area contributed by atoms with Gasteiger partial charge in [-0.1, -0.05) is 11.6 Å². The van der Waals surface area contributed by atoms with Gasteiger partial charge in [0, 0.05) is 13.2 Å². The molecule has 0 amide bonds. The van der Waals surface area contributed by atoms with Crippen molar-refractivity contribution in [2.75, 3.05) is 7.11 Å². The minimum absolute atomic E-state index is 0.408. The minimum Gasteiger partial charge on any atom is -0.377 e. The van der Waals surface area contributed by atoms with Crippen molar-refractivity contribution < 1.29 is 4.74 Å². The molecule has 0 bridgehead atoms. The molecule has 5 nitrogen and oxygen atoms in total. The van der Waals surface area contributed by atoms with Crippen molar-refractivity contribution >= 4 is 17.2 Å². The van der Waals surface area contributed by atoms with E-state index in [4.69, 9.17) is 16.3 Å².